The fraction of sp³-hybridized carbons (Fsp3) is 0.500. The molecule has 4 aliphatic rings. The zero-order valence-corrected chi connectivity index (χ0v) is 27.3. The maximum atomic E-state index is 14.4. The smallest absolute Gasteiger partial charge is 0.394 e. The van der Waals surface area contributed by atoms with Crippen molar-refractivity contribution in [1.82, 2.24) is 20.2 Å². The molecule has 3 saturated carbocycles. The highest BCUT2D eigenvalue weighted by Crippen LogP contribution is 2.62. The van der Waals surface area contributed by atoms with Crippen LogP contribution in [0.2, 0.25) is 0 Å². The average Bonchev–Trinajstić information content (AvgIpc) is 3.76. The topological polar surface area (TPSA) is 114 Å². The number of hydrogen-bond donors (Lipinski definition) is 2. The Morgan fingerprint density at radius 2 is 1.70 bits per heavy atom. The van der Waals surface area contributed by atoms with Gasteiger partial charge >= 0.3 is 6.18 Å². The molecule has 1 atom stereocenters. The SMILES string of the molecule is CN[C@H]1CC2(C1)C[C@H](N1C(=O)c3cccc(c3)S(=O)(=O)Nc3nc(cc(-c4c(C)cccc4C)n3)OC[C@H]1CC1(C(F)(F)F)CC1)C2. The van der Waals surface area contributed by atoms with Gasteiger partial charge in [0.1, 0.15) is 6.61 Å². The highest BCUT2D eigenvalue weighted by atomic mass is 32.2. The summed E-state index contributed by atoms with van der Waals surface area (Å²) in [6, 6.07) is 12.0. The lowest BCUT2D eigenvalue weighted by Gasteiger charge is -2.61. The summed E-state index contributed by atoms with van der Waals surface area (Å²) >= 11 is 0. The van der Waals surface area contributed by atoms with Gasteiger partial charge in [0.2, 0.25) is 11.8 Å². The highest BCUT2D eigenvalue weighted by molar-refractivity contribution is 7.92. The maximum Gasteiger partial charge on any atom is 0.394 e. The van der Waals surface area contributed by atoms with Crippen molar-refractivity contribution < 1.29 is 31.1 Å². The van der Waals surface area contributed by atoms with Crippen LogP contribution >= 0.6 is 0 Å². The molecular formula is C34H38F3N5O4S. The molecule has 7 rings (SSSR count). The monoisotopic (exact) mass is 669 g/mol. The molecule has 13 heteroatoms. The lowest BCUT2D eigenvalue weighted by atomic mass is 9.51. The molecule has 2 aromatic carbocycles. The molecule has 1 spiro atoms. The van der Waals surface area contributed by atoms with Gasteiger partial charge in [0.25, 0.3) is 15.9 Å². The van der Waals surface area contributed by atoms with Gasteiger partial charge in [-0.15, -0.1) is 0 Å². The third kappa shape index (κ3) is 5.75. The number of benzene rings is 2. The zero-order valence-electron chi connectivity index (χ0n) is 26.5. The summed E-state index contributed by atoms with van der Waals surface area (Å²) in [7, 11) is -2.35. The Labute approximate surface area is 272 Å². The van der Waals surface area contributed by atoms with Crippen LogP contribution in [0.15, 0.2) is 53.4 Å². The number of amides is 1. The summed E-state index contributed by atoms with van der Waals surface area (Å²) in [5, 5.41) is 3.28. The molecule has 2 heterocycles. The molecule has 1 aliphatic heterocycles. The Bertz CT molecular complexity index is 1810. The standard InChI is InChI=1S/C34H38F3N5O4S/c1-20-6-4-7-21(2)29(20)27-13-28-40-31(39-27)41-47(44,45)26-9-5-8-22(12-26)30(43)42(24-16-32(17-24)14-23(15-32)38-3)25(19-46-28)18-33(10-11-33)34(35,36)37/h4-9,12-13,23-25,38H,10-11,14-19H2,1-3H3,(H,39,40,41)/t23-,24-,25-,32?/m1/s1. The number of carbonyl (C=O) groups is 1. The quantitative estimate of drug-likeness (QED) is 0.341. The van der Waals surface area contributed by atoms with E-state index < -0.39 is 33.6 Å². The molecule has 1 amide bonds. The van der Waals surface area contributed by atoms with Crippen LogP contribution in [0, 0.1) is 24.7 Å². The van der Waals surface area contributed by atoms with Crippen molar-refractivity contribution >= 4 is 21.9 Å². The van der Waals surface area contributed by atoms with E-state index in [0.717, 1.165) is 29.5 Å². The summed E-state index contributed by atoms with van der Waals surface area (Å²) in [4.78, 5) is 24.6. The molecule has 3 fully saturated rings. The molecule has 47 heavy (non-hydrogen) atoms. The van der Waals surface area contributed by atoms with Crippen molar-refractivity contribution in [3.63, 3.8) is 0 Å². The van der Waals surface area contributed by atoms with Gasteiger partial charge in [-0.3, -0.25) is 4.79 Å². The predicted molar refractivity (Wildman–Crippen MR) is 170 cm³/mol. The van der Waals surface area contributed by atoms with Gasteiger partial charge in [0, 0.05) is 29.3 Å². The van der Waals surface area contributed by atoms with E-state index in [1.807, 2.05) is 39.1 Å². The fourth-order valence-corrected chi connectivity index (χ4v) is 8.92. The van der Waals surface area contributed by atoms with Crippen LogP contribution in [0.25, 0.3) is 11.3 Å². The second-order valence-corrected chi connectivity index (χ2v) is 15.6. The van der Waals surface area contributed by atoms with E-state index in [4.69, 9.17) is 4.74 Å². The Balaban J connectivity index is 1.34. The van der Waals surface area contributed by atoms with Gasteiger partial charge in [-0.25, -0.2) is 18.1 Å². The molecule has 3 aromatic rings. The number of aromatic nitrogens is 2. The molecule has 0 saturated heterocycles. The third-order valence-corrected chi connectivity index (χ3v) is 12.0. The Kier molecular flexibility index (Phi) is 7.58. The normalized spacial score (nSPS) is 27.7. The Morgan fingerprint density at radius 3 is 2.34 bits per heavy atom. The number of anilines is 1. The zero-order chi connectivity index (χ0) is 33.4. The van der Waals surface area contributed by atoms with Gasteiger partial charge < -0.3 is 15.0 Å². The minimum Gasteiger partial charge on any atom is -0.475 e. The summed E-state index contributed by atoms with van der Waals surface area (Å²) in [5.41, 5.74) is 1.16. The van der Waals surface area contributed by atoms with E-state index in [2.05, 4.69) is 20.0 Å². The molecule has 2 N–H and O–H groups in total. The lowest BCUT2D eigenvalue weighted by molar-refractivity contribution is -0.194. The molecular weight excluding hydrogens is 631 g/mol. The maximum absolute atomic E-state index is 14.4. The van der Waals surface area contributed by atoms with Crippen LogP contribution in [0.1, 0.15) is 66.4 Å². The van der Waals surface area contributed by atoms with Crippen molar-refractivity contribution in [2.75, 3.05) is 18.4 Å². The molecule has 3 aliphatic carbocycles. The van der Waals surface area contributed by atoms with Crippen molar-refractivity contribution in [1.29, 1.82) is 0 Å². The second kappa shape index (κ2) is 11.2. The lowest BCUT2D eigenvalue weighted by Crippen LogP contribution is -2.63. The predicted octanol–water partition coefficient (Wildman–Crippen LogP) is 6.03. The first-order valence-electron chi connectivity index (χ1n) is 16.0. The van der Waals surface area contributed by atoms with Gasteiger partial charge in [-0.05, 0) is 101 Å². The molecule has 4 bridgehead atoms. The number of halogens is 3. The van der Waals surface area contributed by atoms with Crippen molar-refractivity contribution in [2.45, 2.75) is 88.0 Å². The molecule has 250 valence electrons. The van der Waals surface area contributed by atoms with E-state index in [1.54, 1.807) is 11.0 Å². The Morgan fingerprint density at radius 1 is 1.02 bits per heavy atom. The number of ether oxygens (including phenoxy) is 1. The number of aryl methyl sites for hydroxylation is 2. The van der Waals surface area contributed by atoms with E-state index in [1.165, 1.54) is 24.3 Å². The van der Waals surface area contributed by atoms with Crippen LogP contribution in [0.3, 0.4) is 0 Å². The number of nitrogens with one attached hydrogen (secondary N) is 2. The number of alkyl halides is 3. The molecule has 9 nitrogen and oxygen atoms in total. The Hall–Kier alpha value is -3.71. The van der Waals surface area contributed by atoms with E-state index in [-0.39, 0.29) is 59.6 Å². The molecule has 0 unspecified atom stereocenters. The fourth-order valence-electron chi connectivity index (χ4n) is 7.93. The number of fused-ring (bicyclic) bond motifs is 4. The number of hydrogen-bond acceptors (Lipinski definition) is 7. The average molecular weight is 670 g/mol. The second-order valence-electron chi connectivity index (χ2n) is 13.9. The summed E-state index contributed by atoms with van der Waals surface area (Å²) in [6.07, 6.45) is -1.56. The third-order valence-electron chi connectivity index (χ3n) is 10.7. The molecule has 0 radical (unpaired) electrons. The van der Waals surface area contributed by atoms with E-state index in [0.29, 0.717) is 24.6 Å². The number of sulfonamides is 1. The molecule has 1 aromatic heterocycles. The van der Waals surface area contributed by atoms with Crippen LogP contribution in [-0.2, 0) is 10.0 Å². The van der Waals surface area contributed by atoms with Crippen molar-refractivity contribution in [3.8, 4) is 17.1 Å². The largest absolute Gasteiger partial charge is 0.475 e. The number of nitrogens with zero attached hydrogens (tertiary/aromatic N) is 3. The van der Waals surface area contributed by atoms with Gasteiger partial charge in [-0.1, -0.05) is 24.3 Å². The minimum atomic E-state index is -4.44. The van der Waals surface area contributed by atoms with Crippen LogP contribution in [-0.4, -0.2) is 67.1 Å². The van der Waals surface area contributed by atoms with Crippen LogP contribution in [0.5, 0.6) is 5.88 Å². The summed E-state index contributed by atoms with van der Waals surface area (Å²) < 4.78 is 79.2. The summed E-state index contributed by atoms with van der Waals surface area (Å²) in [5.74, 6) is -0.758. The first-order valence-corrected chi connectivity index (χ1v) is 17.5. The number of rotatable bonds is 5. The summed E-state index contributed by atoms with van der Waals surface area (Å²) in [6.45, 7) is 3.56. The van der Waals surface area contributed by atoms with Gasteiger partial charge in [0.05, 0.1) is 22.0 Å². The van der Waals surface area contributed by atoms with Gasteiger partial charge in [0.15, 0.2) is 0 Å². The number of carbonyl (C=O) groups excluding carboxylic acids is 1. The van der Waals surface area contributed by atoms with Crippen LogP contribution < -0.4 is 14.8 Å². The van der Waals surface area contributed by atoms with E-state index >= 15 is 0 Å². The van der Waals surface area contributed by atoms with E-state index in [9.17, 15) is 26.4 Å². The first-order chi connectivity index (χ1) is 22.2. The van der Waals surface area contributed by atoms with Gasteiger partial charge in [-0.2, -0.15) is 18.2 Å². The van der Waals surface area contributed by atoms with Crippen molar-refractivity contribution in [3.05, 3.63) is 65.2 Å². The highest BCUT2D eigenvalue weighted by Gasteiger charge is 2.65. The minimum absolute atomic E-state index is 0.00324. The van der Waals surface area contributed by atoms with Crippen molar-refractivity contribution in [2.24, 2.45) is 10.8 Å². The van der Waals surface area contributed by atoms with Crippen LogP contribution in [0.4, 0.5) is 19.1 Å². The first kappa shape index (κ1) is 31.9.